The van der Waals surface area contributed by atoms with Gasteiger partial charge in [0.1, 0.15) is 0 Å². The van der Waals surface area contributed by atoms with Gasteiger partial charge in [0, 0.05) is 11.7 Å². The molecule has 80 valence electrons. The molecule has 0 radical (unpaired) electrons. The van der Waals surface area contributed by atoms with Gasteiger partial charge in [-0.25, -0.2) is 0 Å². The Morgan fingerprint density at radius 3 is 2.87 bits per heavy atom. The van der Waals surface area contributed by atoms with Gasteiger partial charge in [-0.05, 0) is 50.3 Å². The predicted molar refractivity (Wildman–Crippen MR) is 66.3 cm³/mol. The lowest BCUT2D eigenvalue weighted by Crippen LogP contribution is -2.19. The van der Waals surface area contributed by atoms with E-state index < -0.39 is 0 Å². The third kappa shape index (κ3) is 2.62. The molecule has 0 heterocycles. The van der Waals surface area contributed by atoms with Crippen LogP contribution in [0.2, 0.25) is 0 Å². The van der Waals surface area contributed by atoms with Crippen molar-refractivity contribution < 1.29 is 0 Å². The lowest BCUT2D eigenvalue weighted by molar-refractivity contribution is 0.673. The summed E-state index contributed by atoms with van der Waals surface area (Å²) in [5, 5.41) is 3.60. The van der Waals surface area contributed by atoms with Gasteiger partial charge in [0.2, 0.25) is 0 Å². The Balaban J connectivity index is 2.12. The summed E-state index contributed by atoms with van der Waals surface area (Å²) in [7, 11) is 0. The largest absolute Gasteiger partial charge is 0.379 e. The van der Waals surface area contributed by atoms with E-state index in [2.05, 4.69) is 49.5 Å². The Labute approximate surface area is 92.2 Å². The van der Waals surface area contributed by atoms with E-state index in [4.69, 9.17) is 0 Å². The van der Waals surface area contributed by atoms with Crippen molar-refractivity contribution in [2.75, 3.05) is 5.32 Å². The molecule has 1 heteroatoms. The van der Waals surface area contributed by atoms with Crippen LogP contribution in [-0.2, 0) is 0 Å². The lowest BCUT2D eigenvalue weighted by atomic mass is 10.0. The van der Waals surface area contributed by atoms with Crippen LogP contribution < -0.4 is 5.32 Å². The molecular weight excluding hydrogens is 182 g/mol. The van der Waals surface area contributed by atoms with Crippen molar-refractivity contribution in [3.8, 4) is 0 Å². The summed E-state index contributed by atoms with van der Waals surface area (Å²) in [6, 6.07) is 7.11. The Hall–Kier alpha value is -1.24. The fraction of sp³-hybridized carbons (Fsp3) is 0.429. The average molecular weight is 201 g/mol. The monoisotopic (exact) mass is 201 g/mol. The van der Waals surface area contributed by atoms with E-state index in [1.54, 1.807) is 0 Å². The van der Waals surface area contributed by atoms with Crippen molar-refractivity contribution in [1.82, 2.24) is 0 Å². The van der Waals surface area contributed by atoms with Crippen LogP contribution in [0, 0.1) is 13.8 Å². The highest BCUT2D eigenvalue weighted by molar-refractivity contribution is 5.53. The highest BCUT2D eigenvalue weighted by atomic mass is 14.9. The molecule has 1 aromatic rings. The molecule has 0 saturated heterocycles. The summed E-state index contributed by atoms with van der Waals surface area (Å²) >= 11 is 0. The van der Waals surface area contributed by atoms with Crippen molar-refractivity contribution in [2.45, 2.75) is 39.2 Å². The minimum absolute atomic E-state index is 0.527. The Morgan fingerprint density at radius 2 is 2.13 bits per heavy atom. The van der Waals surface area contributed by atoms with E-state index in [0.717, 1.165) is 0 Å². The van der Waals surface area contributed by atoms with Gasteiger partial charge in [-0.15, -0.1) is 0 Å². The molecule has 0 spiro atoms. The Bertz CT molecular complexity index is 366. The minimum atomic E-state index is 0.527. The molecule has 0 aromatic heterocycles. The third-order valence-corrected chi connectivity index (χ3v) is 2.99. The van der Waals surface area contributed by atoms with Crippen LogP contribution in [0.1, 0.15) is 30.4 Å². The smallest absolute Gasteiger partial charge is 0.0444 e. The maximum absolute atomic E-state index is 3.60. The predicted octanol–water partition coefficient (Wildman–Crippen LogP) is 3.82. The van der Waals surface area contributed by atoms with Crippen LogP contribution in [0.3, 0.4) is 0 Å². The summed E-state index contributed by atoms with van der Waals surface area (Å²) in [6.07, 6.45) is 8.38. The number of allylic oxidation sites excluding steroid dienone is 1. The first-order valence-electron chi connectivity index (χ1n) is 5.76. The first kappa shape index (κ1) is 10.3. The summed E-state index contributed by atoms with van der Waals surface area (Å²) in [5.74, 6) is 0. The van der Waals surface area contributed by atoms with Gasteiger partial charge in [0.15, 0.2) is 0 Å². The Morgan fingerprint density at radius 1 is 1.27 bits per heavy atom. The van der Waals surface area contributed by atoms with Crippen molar-refractivity contribution in [2.24, 2.45) is 0 Å². The maximum atomic E-state index is 3.60. The van der Waals surface area contributed by atoms with Crippen molar-refractivity contribution in [3.63, 3.8) is 0 Å². The fourth-order valence-corrected chi connectivity index (χ4v) is 2.02. The number of rotatable bonds is 2. The first-order valence-corrected chi connectivity index (χ1v) is 5.76. The molecule has 2 rings (SSSR count). The second kappa shape index (κ2) is 4.52. The van der Waals surface area contributed by atoms with Crippen LogP contribution in [0.25, 0.3) is 0 Å². The van der Waals surface area contributed by atoms with Crippen LogP contribution in [0.15, 0.2) is 30.4 Å². The molecule has 1 nitrogen and oxygen atoms in total. The van der Waals surface area contributed by atoms with Crippen LogP contribution in [-0.4, -0.2) is 6.04 Å². The molecule has 0 saturated carbocycles. The second-order valence-electron chi connectivity index (χ2n) is 4.43. The number of hydrogen-bond acceptors (Lipinski definition) is 1. The zero-order valence-electron chi connectivity index (χ0n) is 9.59. The molecule has 0 aliphatic heterocycles. The van der Waals surface area contributed by atoms with E-state index >= 15 is 0 Å². The molecular formula is C14H19N. The molecule has 1 N–H and O–H groups in total. The number of aryl methyl sites for hydroxylation is 2. The molecule has 1 aromatic carbocycles. The highest BCUT2D eigenvalue weighted by Crippen LogP contribution is 2.20. The maximum Gasteiger partial charge on any atom is 0.0444 e. The molecule has 0 fully saturated rings. The van der Waals surface area contributed by atoms with Crippen molar-refractivity contribution >= 4 is 5.69 Å². The highest BCUT2D eigenvalue weighted by Gasteiger charge is 2.08. The van der Waals surface area contributed by atoms with E-state index in [1.807, 2.05) is 0 Å². The van der Waals surface area contributed by atoms with Crippen molar-refractivity contribution in [1.29, 1.82) is 0 Å². The summed E-state index contributed by atoms with van der Waals surface area (Å²) < 4.78 is 0. The number of hydrogen-bond donors (Lipinski definition) is 1. The molecule has 1 atom stereocenters. The van der Waals surface area contributed by atoms with Crippen LogP contribution >= 0.6 is 0 Å². The zero-order valence-corrected chi connectivity index (χ0v) is 9.59. The lowest BCUT2D eigenvalue weighted by Gasteiger charge is -2.20. The summed E-state index contributed by atoms with van der Waals surface area (Å²) in [6.45, 7) is 4.30. The third-order valence-electron chi connectivity index (χ3n) is 2.99. The normalized spacial score (nSPS) is 20.3. The molecule has 15 heavy (non-hydrogen) atoms. The first-order chi connectivity index (χ1) is 7.25. The van der Waals surface area contributed by atoms with Crippen molar-refractivity contribution in [3.05, 3.63) is 41.5 Å². The number of anilines is 1. The molecule has 0 bridgehead atoms. The van der Waals surface area contributed by atoms with Gasteiger partial charge in [-0.2, -0.15) is 0 Å². The van der Waals surface area contributed by atoms with Gasteiger partial charge in [0.05, 0.1) is 0 Å². The van der Waals surface area contributed by atoms with E-state index in [1.165, 1.54) is 36.1 Å². The fourth-order valence-electron chi connectivity index (χ4n) is 2.02. The van der Waals surface area contributed by atoms with E-state index in [9.17, 15) is 0 Å². The van der Waals surface area contributed by atoms with Gasteiger partial charge < -0.3 is 5.32 Å². The topological polar surface area (TPSA) is 12.0 Å². The van der Waals surface area contributed by atoms with Gasteiger partial charge in [-0.3, -0.25) is 0 Å². The summed E-state index contributed by atoms with van der Waals surface area (Å²) in [4.78, 5) is 0. The second-order valence-corrected chi connectivity index (χ2v) is 4.43. The van der Waals surface area contributed by atoms with Gasteiger partial charge in [-0.1, -0.05) is 24.3 Å². The van der Waals surface area contributed by atoms with E-state index in [-0.39, 0.29) is 0 Å². The average Bonchev–Trinajstić information content (AvgIpc) is 2.25. The van der Waals surface area contributed by atoms with E-state index in [0.29, 0.717) is 6.04 Å². The number of nitrogens with one attached hydrogen (secondary N) is 1. The minimum Gasteiger partial charge on any atom is -0.379 e. The van der Waals surface area contributed by atoms with Crippen LogP contribution in [0.4, 0.5) is 5.69 Å². The molecule has 1 unspecified atom stereocenters. The zero-order chi connectivity index (χ0) is 10.7. The quantitative estimate of drug-likeness (QED) is 0.717. The molecule has 1 aliphatic carbocycles. The molecule has 1 aliphatic rings. The SMILES string of the molecule is Cc1ccc(C)c(NC2C=CCCC2)c1. The van der Waals surface area contributed by atoms with Crippen LogP contribution in [0.5, 0.6) is 0 Å². The number of benzene rings is 1. The molecule has 0 amide bonds. The Kier molecular flexibility index (Phi) is 3.10. The van der Waals surface area contributed by atoms with Gasteiger partial charge in [0.25, 0.3) is 0 Å². The van der Waals surface area contributed by atoms with Gasteiger partial charge >= 0.3 is 0 Å². The standard InChI is InChI=1S/C14H19N/c1-11-8-9-12(2)14(10-11)15-13-6-4-3-5-7-13/h4,6,8-10,13,15H,3,5,7H2,1-2H3. The summed E-state index contributed by atoms with van der Waals surface area (Å²) in [5.41, 5.74) is 3.94.